The van der Waals surface area contributed by atoms with Gasteiger partial charge in [-0.3, -0.25) is 4.79 Å². The van der Waals surface area contributed by atoms with Crippen LogP contribution in [0.5, 0.6) is 0 Å². The van der Waals surface area contributed by atoms with Gasteiger partial charge in [0, 0.05) is 29.8 Å². The molecule has 1 fully saturated rings. The predicted octanol–water partition coefficient (Wildman–Crippen LogP) is 3.78. The molecule has 1 atom stereocenters. The SMILES string of the molecule is Cc1nc(C)c(C(=O)NCC2CCN(c3cccc(Br)c3)C2)s1. The maximum Gasteiger partial charge on any atom is 0.263 e. The van der Waals surface area contributed by atoms with Gasteiger partial charge in [-0.05, 0) is 44.4 Å². The van der Waals surface area contributed by atoms with Gasteiger partial charge in [0.05, 0.1) is 10.7 Å². The summed E-state index contributed by atoms with van der Waals surface area (Å²) in [5.74, 6) is 0.501. The Hall–Kier alpha value is -1.40. The summed E-state index contributed by atoms with van der Waals surface area (Å²) in [6, 6.07) is 8.37. The fraction of sp³-hybridized carbons (Fsp3) is 0.412. The van der Waals surface area contributed by atoms with Gasteiger partial charge >= 0.3 is 0 Å². The molecule has 0 spiro atoms. The molecule has 6 heteroatoms. The van der Waals surface area contributed by atoms with Crippen LogP contribution in [0.2, 0.25) is 0 Å². The summed E-state index contributed by atoms with van der Waals surface area (Å²) in [7, 11) is 0. The van der Waals surface area contributed by atoms with E-state index in [2.05, 4.69) is 49.3 Å². The summed E-state index contributed by atoms with van der Waals surface area (Å²) in [5.41, 5.74) is 2.06. The molecule has 1 unspecified atom stereocenters. The van der Waals surface area contributed by atoms with Crippen LogP contribution in [0.25, 0.3) is 0 Å². The van der Waals surface area contributed by atoms with Crippen molar-refractivity contribution >= 4 is 38.9 Å². The van der Waals surface area contributed by atoms with E-state index < -0.39 is 0 Å². The number of nitrogens with one attached hydrogen (secondary N) is 1. The Balaban J connectivity index is 1.54. The van der Waals surface area contributed by atoms with E-state index in [0.717, 1.165) is 46.1 Å². The van der Waals surface area contributed by atoms with Gasteiger partial charge in [-0.1, -0.05) is 22.0 Å². The highest BCUT2D eigenvalue weighted by Crippen LogP contribution is 2.26. The number of amides is 1. The third-order valence-corrected chi connectivity index (χ3v) is 5.69. The monoisotopic (exact) mass is 393 g/mol. The predicted molar refractivity (Wildman–Crippen MR) is 98.4 cm³/mol. The van der Waals surface area contributed by atoms with E-state index in [1.165, 1.54) is 17.0 Å². The van der Waals surface area contributed by atoms with Gasteiger partial charge in [-0.2, -0.15) is 0 Å². The van der Waals surface area contributed by atoms with Crippen molar-refractivity contribution in [3.8, 4) is 0 Å². The number of benzene rings is 1. The summed E-state index contributed by atoms with van der Waals surface area (Å²) in [5, 5.41) is 4.01. The van der Waals surface area contributed by atoms with Crippen LogP contribution >= 0.6 is 27.3 Å². The summed E-state index contributed by atoms with van der Waals surface area (Å²) >= 11 is 4.99. The minimum atomic E-state index is 0.00834. The van der Waals surface area contributed by atoms with Crippen LogP contribution < -0.4 is 10.2 Å². The van der Waals surface area contributed by atoms with E-state index in [4.69, 9.17) is 0 Å². The van der Waals surface area contributed by atoms with Gasteiger partial charge < -0.3 is 10.2 Å². The number of thiazole rings is 1. The van der Waals surface area contributed by atoms with E-state index >= 15 is 0 Å². The lowest BCUT2D eigenvalue weighted by Crippen LogP contribution is -2.30. The summed E-state index contributed by atoms with van der Waals surface area (Å²) in [6.45, 7) is 6.57. The van der Waals surface area contributed by atoms with Crippen LogP contribution in [0, 0.1) is 19.8 Å². The van der Waals surface area contributed by atoms with Gasteiger partial charge in [0.25, 0.3) is 5.91 Å². The average Bonchev–Trinajstić information content (AvgIpc) is 3.11. The molecular weight excluding hydrogens is 374 g/mol. The first-order valence-corrected chi connectivity index (χ1v) is 9.36. The number of rotatable bonds is 4. The van der Waals surface area contributed by atoms with Gasteiger partial charge in [0.15, 0.2) is 0 Å². The molecule has 1 aromatic carbocycles. The van der Waals surface area contributed by atoms with Gasteiger partial charge in [-0.25, -0.2) is 4.98 Å². The molecule has 23 heavy (non-hydrogen) atoms. The number of aromatic nitrogens is 1. The molecule has 1 saturated heterocycles. The lowest BCUT2D eigenvalue weighted by Gasteiger charge is -2.19. The van der Waals surface area contributed by atoms with E-state index in [1.807, 2.05) is 19.9 Å². The van der Waals surface area contributed by atoms with Crippen molar-refractivity contribution in [2.75, 3.05) is 24.5 Å². The molecule has 0 radical (unpaired) electrons. The van der Waals surface area contributed by atoms with Crippen LogP contribution in [-0.4, -0.2) is 30.5 Å². The van der Waals surface area contributed by atoms with Gasteiger partial charge in [0.2, 0.25) is 0 Å². The molecule has 1 aliphatic heterocycles. The molecule has 1 N–H and O–H groups in total. The standard InChI is InChI=1S/C17H20BrN3OS/c1-11-16(23-12(2)20-11)17(22)19-9-13-6-7-21(10-13)15-5-3-4-14(18)8-15/h3-5,8,13H,6-7,9-10H2,1-2H3,(H,19,22). The smallest absolute Gasteiger partial charge is 0.263 e. The fourth-order valence-corrected chi connectivity index (χ4v) is 4.19. The van der Waals surface area contributed by atoms with Crippen LogP contribution in [0.4, 0.5) is 5.69 Å². The Morgan fingerprint density at radius 1 is 1.48 bits per heavy atom. The lowest BCUT2D eigenvalue weighted by atomic mass is 10.1. The molecule has 2 heterocycles. The molecule has 0 aliphatic carbocycles. The van der Waals surface area contributed by atoms with Crippen molar-refractivity contribution in [2.24, 2.45) is 5.92 Å². The first kappa shape index (κ1) is 16.5. The van der Waals surface area contributed by atoms with E-state index in [0.29, 0.717) is 5.92 Å². The van der Waals surface area contributed by atoms with Crippen molar-refractivity contribution in [1.82, 2.24) is 10.3 Å². The molecule has 1 aliphatic rings. The number of nitrogens with zero attached hydrogens (tertiary/aromatic N) is 2. The van der Waals surface area contributed by atoms with Crippen LogP contribution in [0.15, 0.2) is 28.7 Å². The third kappa shape index (κ3) is 3.93. The zero-order chi connectivity index (χ0) is 16.4. The summed E-state index contributed by atoms with van der Waals surface area (Å²) in [4.78, 5) is 19.7. The maximum atomic E-state index is 12.3. The van der Waals surface area contributed by atoms with Crippen molar-refractivity contribution in [1.29, 1.82) is 0 Å². The second-order valence-corrected chi connectivity index (χ2v) is 8.06. The second-order valence-electron chi connectivity index (χ2n) is 5.94. The highest BCUT2D eigenvalue weighted by atomic mass is 79.9. The first-order valence-electron chi connectivity index (χ1n) is 7.75. The fourth-order valence-electron chi connectivity index (χ4n) is 2.97. The summed E-state index contributed by atoms with van der Waals surface area (Å²) < 4.78 is 1.10. The summed E-state index contributed by atoms with van der Waals surface area (Å²) in [6.07, 6.45) is 1.10. The van der Waals surface area contributed by atoms with Crippen molar-refractivity contribution < 1.29 is 4.79 Å². The third-order valence-electron chi connectivity index (χ3n) is 4.12. The highest BCUT2D eigenvalue weighted by Gasteiger charge is 2.24. The van der Waals surface area contributed by atoms with E-state index in [9.17, 15) is 4.79 Å². The molecular formula is C17H20BrN3OS. The minimum absolute atomic E-state index is 0.00834. The Kier molecular flexibility index (Phi) is 5.02. The molecule has 1 amide bonds. The number of hydrogen-bond acceptors (Lipinski definition) is 4. The molecule has 1 aromatic heterocycles. The van der Waals surface area contributed by atoms with Gasteiger partial charge in [-0.15, -0.1) is 11.3 Å². The molecule has 2 aromatic rings. The Morgan fingerprint density at radius 2 is 2.30 bits per heavy atom. The zero-order valence-corrected chi connectivity index (χ0v) is 15.7. The highest BCUT2D eigenvalue weighted by molar-refractivity contribution is 9.10. The Labute approximate surface area is 149 Å². The Morgan fingerprint density at radius 3 is 3.00 bits per heavy atom. The van der Waals surface area contributed by atoms with Crippen molar-refractivity contribution in [3.05, 3.63) is 44.3 Å². The topological polar surface area (TPSA) is 45.2 Å². The Bertz CT molecular complexity index is 716. The number of carbonyl (C=O) groups excluding carboxylic acids is 1. The molecule has 0 saturated carbocycles. The quantitative estimate of drug-likeness (QED) is 0.859. The molecule has 4 nitrogen and oxygen atoms in total. The van der Waals surface area contributed by atoms with E-state index in [1.54, 1.807) is 0 Å². The number of aryl methyl sites for hydroxylation is 2. The molecule has 3 rings (SSSR count). The molecule has 0 bridgehead atoms. The maximum absolute atomic E-state index is 12.3. The normalized spacial score (nSPS) is 17.5. The number of hydrogen-bond donors (Lipinski definition) is 1. The number of halogens is 1. The zero-order valence-electron chi connectivity index (χ0n) is 13.3. The van der Waals surface area contributed by atoms with Crippen LogP contribution in [0.3, 0.4) is 0 Å². The second kappa shape index (κ2) is 7.01. The van der Waals surface area contributed by atoms with Crippen molar-refractivity contribution in [3.63, 3.8) is 0 Å². The van der Waals surface area contributed by atoms with Crippen molar-refractivity contribution in [2.45, 2.75) is 20.3 Å². The minimum Gasteiger partial charge on any atom is -0.371 e. The molecule has 122 valence electrons. The number of carbonyl (C=O) groups is 1. The lowest BCUT2D eigenvalue weighted by molar-refractivity contribution is 0.0951. The van der Waals surface area contributed by atoms with E-state index in [-0.39, 0.29) is 5.91 Å². The average molecular weight is 394 g/mol. The number of anilines is 1. The largest absolute Gasteiger partial charge is 0.371 e. The first-order chi connectivity index (χ1) is 11.0. The van der Waals surface area contributed by atoms with Crippen LogP contribution in [-0.2, 0) is 0 Å². The van der Waals surface area contributed by atoms with Crippen LogP contribution in [0.1, 0.15) is 26.8 Å². The van der Waals surface area contributed by atoms with Gasteiger partial charge in [0.1, 0.15) is 4.88 Å².